The smallest absolute Gasteiger partial charge is 0.303 e. The molecule has 0 heterocycles. The average molecular weight is 663 g/mol. The molecule has 0 fully saturated rings. The zero-order chi connectivity index (χ0) is 35.5. The lowest BCUT2D eigenvalue weighted by molar-refractivity contribution is -0.138. The van der Waals surface area contributed by atoms with Gasteiger partial charge in [0.2, 0.25) is 35.4 Å². The largest absolute Gasteiger partial charge is 0.481 e. The topological polar surface area (TPSA) is 292 Å². The van der Waals surface area contributed by atoms with Crippen LogP contribution in [-0.2, 0) is 40.0 Å². The first kappa shape index (κ1) is 40.5. The number of carbonyl (C=O) groups excluding carboxylic acids is 6. The van der Waals surface area contributed by atoms with Crippen molar-refractivity contribution in [2.75, 3.05) is 6.54 Å². The minimum absolute atomic E-state index is 0.0385. The molecule has 6 amide bonds. The number of rotatable bonds is 23. The molecule has 0 aliphatic carbocycles. The maximum Gasteiger partial charge on any atom is 0.303 e. The number of nitrogens with two attached hydrogens (primary N) is 4. The molecule has 262 valence electrons. The molecular weight excluding hydrogens is 612 g/mol. The van der Waals surface area contributed by atoms with Crippen LogP contribution in [0, 0.1) is 5.92 Å². The third-order valence-corrected chi connectivity index (χ3v) is 7.67. The van der Waals surface area contributed by atoms with E-state index >= 15 is 0 Å². The summed E-state index contributed by atoms with van der Waals surface area (Å²) in [6.07, 6.45) is 0.363. The summed E-state index contributed by atoms with van der Waals surface area (Å²) >= 11 is 0. The van der Waals surface area contributed by atoms with Crippen molar-refractivity contribution in [3.63, 3.8) is 0 Å². The van der Waals surface area contributed by atoms with E-state index in [2.05, 4.69) is 21.3 Å². The first-order chi connectivity index (χ1) is 22.2. The fourth-order valence-electron chi connectivity index (χ4n) is 4.52. The molecule has 0 aliphatic heterocycles. The number of carbonyl (C=O) groups is 7. The first-order valence-corrected chi connectivity index (χ1v) is 15.7. The highest BCUT2D eigenvalue weighted by molar-refractivity contribution is 5.96. The standard InChI is InChI=1S/C31H50N8O8/c1-3-18(2)26(34)31(47)38-20(11-7-8-16-32)28(44)36-21(12-14-24(33)40)29(45)37-22(13-15-25(41)42)30(46)39-23(27(35)43)17-19-9-5-4-6-10-19/h4-6,9-10,18,20-23,26H,3,7-8,11-17,32,34H2,1-2H3,(H2,33,40)(H2,35,43)(H,36,44)(H,37,45)(H,38,47)(H,39,46)(H,41,42)/t18-,20-,21-,22-,23-,26-/m0/s1. The van der Waals surface area contributed by atoms with Crippen molar-refractivity contribution in [2.24, 2.45) is 28.9 Å². The third-order valence-electron chi connectivity index (χ3n) is 7.67. The highest BCUT2D eigenvalue weighted by atomic mass is 16.4. The van der Waals surface area contributed by atoms with E-state index in [4.69, 9.17) is 22.9 Å². The summed E-state index contributed by atoms with van der Waals surface area (Å²) in [5, 5.41) is 19.3. The Balaban J connectivity index is 3.22. The van der Waals surface area contributed by atoms with Crippen LogP contribution in [0.15, 0.2) is 30.3 Å². The van der Waals surface area contributed by atoms with Crippen LogP contribution in [0.25, 0.3) is 0 Å². The molecule has 1 aromatic rings. The summed E-state index contributed by atoms with van der Waals surface area (Å²) in [4.78, 5) is 88.1. The van der Waals surface area contributed by atoms with E-state index in [9.17, 15) is 38.7 Å². The molecule has 1 rings (SSSR count). The Morgan fingerprint density at radius 1 is 0.723 bits per heavy atom. The molecule has 0 saturated heterocycles. The van der Waals surface area contributed by atoms with E-state index in [1.165, 1.54) is 0 Å². The van der Waals surface area contributed by atoms with Crippen molar-refractivity contribution in [3.8, 4) is 0 Å². The van der Waals surface area contributed by atoms with Crippen molar-refractivity contribution >= 4 is 41.4 Å². The third kappa shape index (κ3) is 15.5. The van der Waals surface area contributed by atoms with Gasteiger partial charge in [-0.05, 0) is 50.1 Å². The van der Waals surface area contributed by atoms with Gasteiger partial charge in [0.05, 0.1) is 6.04 Å². The van der Waals surface area contributed by atoms with Crippen molar-refractivity contribution in [3.05, 3.63) is 35.9 Å². The molecule has 0 aliphatic rings. The van der Waals surface area contributed by atoms with Crippen LogP contribution in [0.4, 0.5) is 0 Å². The fraction of sp³-hybridized carbons (Fsp3) is 0.581. The summed E-state index contributed by atoms with van der Waals surface area (Å²) in [5.41, 5.74) is 23.1. The predicted molar refractivity (Wildman–Crippen MR) is 173 cm³/mol. The lowest BCUT2D eigenvalue weighted by atomic mass is 9.98. The van der Waals surface area contributed by atoms with Crippen LogP contribution in [-0.4, -0.2) is 83.3 Å². The van der Waals surface area contributed by atoms with Crippen molar-refractivity contribution in [1.29, 1.82) is 0 Å². The summed E-state index contributed by atoms with van der Waals surface area (Å²) in [5.74, 6) is -6.17. The average Bonchev–Trinajstić information content (AvgIpc) is 3.03. The summed E-state index contributed by atoms with van der Waals surface area (Å²) in [7, 11) is 0. The quantitative estimate of drug-likeness (QED) is 0.0598. The number of carboxylic acid groups (broad SMARTS) is 1. The van der Waals surface area contributed by atoms with E-state index < -0.39 is 78.0 Å². The van der Waals surface area contributed by atoms with Crippen molar-refractivity contribution < 1.29 is 38.7 Å². The van der Waals surface area contributed by atoms with Crippen LogP contribution in [0.3, 0.4) is 0 Å². The molecule has 0 unspecified atom stereocenters. The van der Waals surface area contributed by atoms with Crippen LogP contribution in [0.5, 0.6) is 0 Å². The molecule has 0 aromatic heterocycles. The van der Waals surface area contributed by atoms with Gasteiger partial charge in [0.1, 0.15) is 24.2 Å². The van der Waals surface area contributed by atoms with E-state index in [0.717, 1.165) is 0 Å². The van der Waals surface area contributed by atoms with Gasteiger partial charge in [-0.3, -0.25) is 33.6 Å². The van der Waals surface area contributed by atoms with Gasteiger partial charge in [-0.1, -0.05) is 50.6 Å². The molecule has 1 aromatic carbocycles. The Morgan fingerprint density at radius 2 is 1.21 bits per heavy atom. The number of amides is 6. The number of carboxylic acids is 1. The molecule has 0 saturated carbocycles. The lowest BCUT2D eigenvalue weighted by Crippen LogP contribution is -2.59. The van der Waals surface area contributed by atoms with Gasteiger partial charge in [0, 0.05) is 19.3 Å². The lowest BCUT2D eigenvalue weighted by Gasteiger charge is -2.27. The van der Waals surface area contributed by atoms with Crippen LogP contribution >= 0.6 is 0 Å². The highest BCUT2D eigenvalue weighted by Crippen LogP contribution is 2.10. The summed E-state index contributed by atoms with van der Waals surface area (Å²) < 4.78 is 0. The van der Waals surface area contributed by atoms with Gasteiger partial charge in [-0.25, -0.2) is 0 Å². The number of hydrogen-bond acceptors (Lipinski definition) is 9. The Kier molecular flexibility index (Phi) is 18.3. The molecular formula is C31H50N8O8. The molecule has 0 spiro atoms. The van der Waals surface area contributed by atoms with Crippen molar-refractivity contribution in [2.45, 2.75) is 102 Å². The molecule has 0 bridgehead atoms. The van der Waals surface area contributed by atoms with Crippen LogP contribution in [0.1, 0.15) is 70.8 Å². The number of unbranched alkanes of at least 4 members (excludes halogenated alkanes) is 1. The summed E-state index contributed by atoms with van der Waals surface area (Å²) in [6.45, 7) is 4.01. The Labute approximate surface area is 274 Å². The maximum absolute atomic E-state index is 13.5. The number of primary amides is 2. The monoisotopic (exact) mass is 662 g/mol. The van der Waals surface area contributed by atoms with E-state index in [1.807, 2.05) is 6.92 Å². The number of aliphatic carboxylic acids is 1. The van der Waals surface area contributed by atoms with Gasteiger partial charge in [0.25, 0.3) is 0 Å². The van der Waals surface area contributed by atoms with Gasteiger partial charge < -0.3 is 49.3 Å². The Hall–Kier alpha value is -4.57. The second-order valence-corrected chi connectivity index (χ2v) is 11.5. The number of hydrogen-bond donors (Lipinski definition) is 9. The normalized spacial score (nSPS) is 14.7. The molecule has 16 heteroatoms. The van der Waals surface area contributed by atoms with Gasteiger partial charge in [-0.15, -0.1) is 0 Å². The SMILES string of the molecule is CC[C@H](C)[C@H](N)C(=O)N[C@@H](CCCCN)C(=O)N[C@@H](CCC(N)=O)C(=O)N[C@@H](CCC(=O)O)C(=O)N[C@@H](Cc1ccccc1)C(N)=O. The molecule has 0 radical (unpaired) electrons. The molecule has 6 atom stereocenters. The van der Waals surface area contributed by atoms with Gasteiger partial charge in [0.15, 0.2) is 0 Å². The predicted octanol–water partition coefficient (Wildman–Crippen LogP) is -1.71. The van der Waals surface area contributed by atoms with E-state index in [0.29, 0.717) is 31.4 Å². The zero-order valence-corrected chi connectivity index (χ0v) is 27.0. The molecule has 13 N–H and O–H groups in total. The van der Waals surface area contributed by atoms with Crippen LogP contribution < -0.4 is 44.2 Å². The maximum atomic E-state index is 13.5. The van der Waals surface area contributed by atoms with E-state index in [-0.39, 0.29) is 38.0 Å². The number of nitrogens with one attached hydrogen (secondary N) is 4. The first-order valence-electron chi connectivity index (χ1n) is 15.7. The summed E-state index contributed by atoms with van der Waals surface area (Å²) in [6, 6.07) is 2.64. The Morgan fingerprint density at radius 3 is 1.68 bits per heavy atom. The number of benzene rings is 1. The minimum atomic E-state index is -1.46. The molecule has 16 nitrogen and oxygen atoms in total. The zero-order valence-electron chi connectivity index (χ0n) is 27.0. The fourth-order valence-corrected chi connectivity index (χ4v) is 4.52. The van der Waals surface area contributed by atoms with E-state index in [1.54, 1.807) is 37.3 Å². The second-order valence-electron chi connectivity index (χ2n) is 11.5. The Bertz CT molecular complexity index is 1220. The van der Waals surface area contributed by atoms with Gasteiger partial charge >= 0.3 is 5.97 Å². The van der Waals surface area contributed by atoms with Crippen LogP contribution in [0.2, 0.25) is 0 Å². The second kappa shape index (κ2) is 21.3. The molecule has 47 heavy (non-hydrogen) atoms. The van der Waals surface area contributed by atoms with Gasteiger partial charge in [-0.2, -0.15) is 0 Å². The van der Waals surface area contributed by atoms with Crippen molar-refractivity contribution in [1.82, 2.24) is 21.3 Å². The highest BCUT2D eigenvalue weighted by Gasteiger charge is 2.32. The minimum Gasteiger partial charge on any atom is -0.481 e.